The van der Waals surface area contributed by atoms with E-state index in [9.17, 15) is 48.3 Å². The van der Waals surface area contributed by atoms with Crippen molar-refractivity contribution in [2.75, 3.05) is 26.2 Å². The molecule has 8 amide bonds. The number of hydrogen-bond donors (Lipinski definition) is 13. The molecule has 24 heteroatoms. The van der Waals surface area contributed by atoms with Gasteiger partial charge in [-0.3, -0.25) is 48.3 Å². The summed E-state index contributed by atoms with van der Waals surface area (Å²) in [5.41, 5.74) is 22.4. The van der Waals surface area contributed by atoms with Gasteiger partial charge in [0.25, 0.3) is 0 Å². The highest BCUT2D eigenvalue weighted by molar-refractivity contribution is 5.98. The molecule has 6 atom stereocenters. The van der Waals surface area contributed by atoms with Gasteiger partial charge in [0.15, 0.2) is 11.9 Å². The van der Waals surface area contributed by atoms with E-state index in [2.05, 4.69) is 52.5 Å². The van der Waals surface area contributed by atoms with Crippen molar-refractivity contribution < 1.29 is 48.3 Å². The smallest absolute Gasteiger partial charge is 0.326 e. The highest BCUT2D eigenvalue weighted by Gasteiger charge is 2.33. The maximum Gasteiger partial charge on any atom is 0.326 e. The lowest BCUT2D eigenvalue weighted by molar-refractivity contribution is -0.142. The van der Waals surface area contributed by atoms with Crippen molar-refractivity contribution >= 4 is 65.1 Å². The van der Waals surface area contributed by atoms with Crippen LogP contribution in [-0.4, -0.2) is 133 Å². The number of carboxylic acids is 1. The molecule has 1 aliphatic heterocycles. The topological polar surface area (TPSA) is 399 Å². The van der Waals surface area contributed by atoms with Gasteiger partial charge < -0.3 is 70.6 Å². The molecule has 4 unspecified atom stereocenters. The second-order valence-electron chi connectivity index (χ2n) is 14.5. The highest BCUT2D eigenvalue weighted by Crippen LogP contribution is 2.09. The first-order valence-corrected chi connectivity index (χ1v) is 20.1. The molecule has 1 heterocycles. The molecule has 0 aliphatic carbocycles. The molecule has 0 bridgehead atoms. The minimum absolute atomic E-state index is 0.0178. The number of nitrogens with zero attached hydrogens (tertiary/aromatic N) is 2. The predicted octanol–water partition coefficient (Wildman–Crippen LogP) is -4.82. The molecule has 1 aliphatic rings. The fraction of sp³-hybridized carbons (Fsp3) is 0.553. The number of carbonyl (C=O) groups excluding carboxylic acids is 8. The predicted molar refractivity (Wildman–Crippen MR) is 225 cm³/mol. The first-order valence-electron chi connectivity index (χ1n) is 20.1. The number of hydrogen-bond acceptors (Lipinski definition) is 11. The molecule has 1 aromatic carbocycles. The highest BCUT2D eigenvalue weighted by atomic mass is 16.4. The van der Waals surface area contributed by atoms with Gasteiger partial charge in [0.05, 0.1) is 13.0 Å². The summed E-state index contributed by atoms with van der Waals surface area (Å²) in [7, 11) is 0. The van der Waals surface area contributed by atoms with Crippen molar-refractivity contribution in [3.63, 3.8) is 0 Å². The molecule has 0 radical (unpaired) electrons. The molecule has 1 fully saturated rings. The van der Waals surface area contributed by atoms with Gasteiger partial charge in [-0.1, -0.05) is 30.3 Å². The number of aliphatic imine (C=N–C) groups is 2. The Morgan fingerprint density at radius 3 is 1.85 bits per heavy atom. The minimum atomic E-state index is -1.57. The summed E-state index contributed by atoms with van der Waals surface area (Å²) >= 11 is 0. The number of carboxylic acid groups (broad SMARTS) is 1. The van der Waals surface area contributed by atoms with Crippen LogP contribution in [0.25, 0.3) is 0 Å². The summed E-state index contributed by atoms with van der Waals surface area (Å²) in [5, 5.41) is 29.8. The quantitative estimate of drug-likeness (QED) is 0.0474. The Morgan fingerprint density at radius 1 is 0.742 bits per heavy atom. The van der Waals surface area contributed by atoms with Gasteiger partial charge in [0, 0.05) is 33.0 Å². The average Bonchev–Trinajstić information content (AvgIpc) is 3.20. The Kier molecular flexibility index (Phi) is 22.2. The number of nitrogens with two attached hydrogens (primary N) is 4. The first kappa shape index (κ1) is 51.1. The molecule has 0 spiro atoms. The number of amides is 8. The lowest BCUT2D eigenvalue weighted by Gasteiger charge is -2.27. The number of benzene rings is 1. The maximum atomic E-state index is 14.2. The average molecular weight is 873 g/mol. The first-order chi connectivity index (χ1) is 29.4. The molecule has 62 heavy (non-hydrogen) atoms. The molecular formula is C38H60N14O10. The Labute approximate surface area is 358 Å². The fourth-order valence-electron chi connectivity index (χ4n) is 5.97. The van der Waals surface area contributed by atoms with Gasteiger partial charge in [-0.2, -0.15) is 0 Å². The van der Waals surface area contributed by atoms with E-state index < -0.39 is 102 Å². The normalized spacial score (nSPS) is 22.4. The van der Waals surface area contributed by atoms with Crippen molar-refractivity contribution in [3.8, 4) is 0 Å². The lowest BCUT2D eigenvalue weighted by Crippen LogP contribution is -2.60. The van der Waals surface area contributed by atoms with E-state index in [-0.39, 0.29) is 82.9 Å². The van der Waals surface area contributed by atoms with E-state index in [1.807, 2.05) is 0 Å². The van der Waals surface area contributed by atoms with E-state index >= 15 is 0 Å². The third-order valence-corrected chi connectivity index (χ3v) is 9.22. The van der Waals surface area contributed by atoms with E-state index in [0.29, 0.717) is 5.56 Å². The van der Waals surface area contributed by atoms with Crippen LogP contribution in [0.2, 0.25) is 0 Å². The maximum absolute atomic E-state index is 14.2. The summed E-state index contributed by atoms with van der Waals surface area (Å²) in [4.78, 5) is 126. The van der Waals surface area contributed by atoms with E-state index in [0.717, 1.165) is 0 Å². The molecule has 0 aromatic heterocycles. The Hall–Kier alpha value is -7.01. The summed E-state index contributed by atoms with van der Waals surface area (Å²) in [5.74, 6) is -8.14. The van der Waals surface area contributed by atoms with Crippen LogP contribution >= 0.6 is 0 Å². The Morgan fingerprint density at radius 2 is 1.29 bits per heavy atom. The fourth-order valence-corrected chi connectivity index (χ4v) is 5.97. The van der Waals surface area contributed by atoms with Crippen LogP contribution in [0.3, 0.4) is 0 Å². The number of aliphatic carboxylic acids is 1. The molecule has 2 rings (SSSR count). The van der Waals surface area contributed by atoms with Gasteiger partial charge in [-0.05, 0) is 57.4 Å². The van der Waals surface area contributed by atoms with Crippen LogP contribution in [0.4, 0.5) is 0 Å². The van der Waals surface area contributed by atoms with Crippen molar-refractivity contribution in [1.29, 1.82) is 0 Å². The van der Waals surface area contributed by atoms with Crippen LogP contribution in [0.1, 0.15) is 70.8 Å². The minimum Gasteiger partial charge on any atom is -0.480 e. The summed E-state index contributed by atoms with van der Waals surface area (Å²) in [6.45, 7) is 2.09. The molecule has 0 saturated carbocycles. The van der Waals surface area contributed by atoms with Crippen molar-refractivity contribution in [1.82, 2.24) is 42.5 Å². The molecule has 24 nitrogen and oxygen atoms in total. The third-order valence-electron chi connectivity index (χ3n) is 9.22. The van der Waals surface area contributed by atoms with Crippen molar-refractivity contribution in [2.24, 2.45) is 32.9 Å². The number of guanidine groups is 2. The largest absolute Gasteiger partial charge is 0.480 e. The second kappa shape index (κ2) is 27.0. The Bertz CT molecular complexity index is 1790. The summed E-state index contributed by atoms with van der Waals surface area (Å²) in [6, 6.07) is 0.241. The summed E-state index contributed by atoms with van der Waals surface area (Å²) in [6.07, 6.45) is -0.149. The van der Waals surface area contributed by atoms with E-state index in [4.69, 9.17) is 22.9 Å². The van der Waals surface area contributed by atoms with Gasteiger partial charge in [0.2, 0.25) is 47.3 Å². The molecule has 17 N–H and O–H groups in total. The number of carbonyl (C=O) groups is 9. The van der Waals surface area contributed by atoms with Crippen molar-refractivity contribution in [3.05, 3.63) is 35.9 Å². The van der Waals surface area contributed by atoms with Gasteiger partial charge in [0.1, 0.15) is 36.3 Å². The monoisotopic (exact) mass is 872 g/mol. The van der Waals surface area contributed by atoms with Gasteiger partial charge in [-0.25, -0.2) is 4.79 Å². The van der Waals surface area contributed by atoms with Crippen LogP contribution in [-0.2, 0) is 49.6 Å². The number of nitrogens with one attached hydrogen (secondary N) is 8. The van der Waals surface area contributed by atoms with Crippen molar-refractivity contribution in [2.45, 2.75) is 108 Å². The summed E-state index contributed by atoms with van der Waals surface area (Å²) < 4.78 is 0. The van der Waals surface area contributed by atoms with Crippen LogP contribution in [0, 0.1) is 0 Å². The second-order valence-corrected chi connectivity index (χ2v) is 14.5. The zero-order valence-corrected chi connectivity index (χ0v) is 34.9. The van der Waals surface area contributed by atoms with Crippen LogP contribution < -0.4 is 65.5 Å². The van der Waals surface area contributed by atoms with Crippen LogP contribution in [0.5, 0.6) is 0 Å². The molecular weight excluding hydrogens is 813 g/mol. The lowest BCUT2D eigenvalue weighted by atomic mass is 10.0. The standard InChI is InChI=1S/C38H60N14O10/c1-21-31(56)51-26(36(61)62)12-6-7-15-43-29(54)19-28(48-30(55)20-46-22(2)53)35(60)50-25(14-9-17-45-38(41)42)33(58)52-27(18-23-10-4-3-5-11-23)34(59)49-24(32(57)47-21)13-8-16-44-37(39)40/h3-5,10-11,21,24-28H,6-9,12-20H2,1-2H3,(H,43,54)(H,46,53)(H,47,57)(H,48,55)(H,49,59)(H,50,60)(H,51,56)(H,52,58)(H,61,62)(H4,39,40,44)(H4,41,42,45)/t21-,24?,25-,26?,27?,28?/m0/s1. The van der Waals surface area contributed by atoms with E-state index in [1.165, 1.54) is 13.8 Å². The SMILES string of the molecule is CC(=O)NCC(=O)NC1CC(=O)NCCCCC(C(=O)O)NC(=O)[C@H](C)NC(=O)C(CCCN=C(N)N)NC(=O)C(Cc2ccccc2)NC(=O)[C@H](CCCN=C(N)N)NC1=O. The van der Waals surface area contributed by atoms with Gasteiger partial charge in [-0.15, -0.1) is 0 Å². The zero-order valence-electron chi connectivity index (χ0n) is 34.9. The third kappa shape index (κ3) is 20.3. The molecule has 1 aromatic rings. The van der Waals surface area contributed by atoms with E-state index in [1.54, 1.807) is 30.3 Å². The molecule has 1 saturated heterocycles. The molecule has 342 valence electrons. The zero-order chi connectivity index (χ0) is 46.2. The van der Waals surface area contributed by atoms with Gasteiger partial charge >= 0.3 is 5.97 Å². The number of rotatable bonds is 14. The Balaban J connectivity index is 2.62. The van der Waals surface area contributed by atoms with Crippen LogP contribution in [0.15, 0.2) is 40.3 Å².